The van der Waals surface area contributed by atoms with Gasteiger partial charge in [-0.25, -0.2) is 0 Å². The van der Waals surface area contributed by atoms with Crippen molar-refractivity contribution in [2.24, 2.45) is 0 Å². The van der Waals surface area contributed by atoms with Crippen molar-refractivity contribution in [2.75, 3.05) is 0 Å². The topological polar surface area (TPSA) is 75.6 Å². The molecule has 2 atom stereocenters. The van der Waals surface area contributed by atoms with Crippen molar-refractivity contribution in [1.29, 1.82) is 0 Å². The lowest BCUT2D eigenvalue weighted by molar-refractivity contribution is -0.152. The SMILES string of the molecule is CC(=O)O[C@H](C)[C@H](NC(C)C)C(=O)O. The van der Waals surface area contributed by atoms with Crippen LogP contribution in [0, 0.1) is 0 Å². The number of hydrogen-bond acceptors (Lipinski definition) is 4. The van der Waals surface area contributed by atoms with Crippen LogP contribution in [0.15, 0.2) is 0 Å². The van der Waals surface area contributed by atoms with Crippen LogP contribution in [-0.2, 0) is 14.3 Å². The summed E-state index contributed by atoms with van der Waals surface area (Å²) in [4.78, 5) is 21.4. The molecule has 0 aromatic carbocycles. The highest BCUT2D eigenvalue weighted by Crippen LogP contribution is 2.01. The van der Waals surface area contributed by atoms with Gasteiger partial charge in [0, 0.05) is 13.0 Å². The second kappa shape index (κ2) is 5.59. The van der Waals surface area contributed by atoms with Crippen LogP contribution in [-0.4, -0.2) is 35.2 Å². The zero-order chi connectivity index (χ0) is 11.3. The lowest BCUT2D eigenvalue weighted by Gasteiger charge is -2.22. The Labute approximate surface area is 83.4 Å². The summed E-state index contributed by atoms with van der Waals surface area (Å²) in [5.74, 6) is -1.50. The van der Waals surface area contributed by atoms with Crippen LogP contribution in [0.4, 0.5) is 0 Å². The number of hydrogen-bond donors (Lipinski definition) is 2. The molecule has 0 aromatic heterocycles. The van der Waals surface area contributed by atoms with Gasteiger partial charge in [0.05, 0.1) is 0 Å². The van der Waals surface area contributed by atoms with E-state index in [9.17, 15) is 9.59 Å². The molecule has 0 bridgehead atoms. The molecule has 0 radical (unpaired) electrons. The van der Waals surface area contributed by atoms with Gasteiger partial charge in [-0.05, 0) is 6.92 Å². The summed E-state index contributed by atoms with van der Waals surface area (Å²) in [6.07, 6.45) is -0.674. The average molecular weight is 203 g/mol. The molecule has 0 aromatic rings. The van der Waals surface area contributed by atoms with Gasteiger partial charge in [-0.2, -0.15) is 0 Å². The molecule has 0 aliphatic rings. The van der Waals surface area contributed by atoms with E-state index in [1.165, 1.54) is 6.92 Å². The molecular formula is C9H17NO4. The summed E-state index contributed by atoms with van der Waals surface area (Å²) in [7, 11) is 0. The van der Waals surface area contributed by atoms with E-state index in [1.807, 2.05) is 13.8 Å². The summed E-state index contributed by atoms with van der Waals surface area (Å²) in [5, 5.41) is 11.7. The third-order valence-electron chi connectivity index (χ3n) is 1.60. The molecule has 2 N–H and O–H groups in total. The minimum Gasteiger partial charge on any atom is -0.480 e. The van der Waals surface area contributed by atoms with Gasteiger partial charge in [0.2, 0.25) is 0 Å². The van der Waals surface area contributed by atoms with Crippen molar-refractivity contribution < 1.29 is 19.4 Å². The first-order valence-electron chi connectivity index (χ1n) is 4.50. The predicted molar refractivity (Wildman–Crippen MR) is 50.9 cm³/mol. The number of carboxylic acids is 1. The maximum atomic E-state index is 10.8. The number of nitrogens with one attached hydrogen (secondary N) is 1. The summed E-state index contributed by atoms with van der Waals surface area (Å²) >= 11 is 0. The molecule has 0 amide bonds. The quantitative estimate of drug-likeness (QED) is 0.632. The van der Waals surface area contributed by atoms with Gasteiger partial charge in [0.15, 0.2) is 0 Å². The van der Waals surface area contributed by atoms with Gasteiger partial charge in [0.1, 0.15) is 12.1 Å². The largest absolute Gasteiger partial charge is 0.480 e. The van der Waals surface area contributed by atoms with Crippen molar-refractivity contribution in [2.45, 2.75) is 45.9 Å². The van der Waals surface area contributed by atoms with Gasteiger partial charge >= 0.3 is 11.9 Å². The Morgan fingerprint density at radius 3 is 2.07 bits per heavy atom. The van der Waals surface area contributed by atoms with Crippen LogP contribution < -0.4 is 5.32 Å². The van der Waals surface area contributed by atoms with Crippen LogP contribution >= 0.6 is 0 Å². The van der Waals surface area contributed by atoms with Crippen LogP contribution in [0.1, 0.15) is 27.7 Å². The Morgan fingerprint density at radius 2 is 1.79 bits per heavy atom. The molecule has 14 heavy (non-hydrogen) atoms. The van der Waals surface area contributed by atoms with Crippen molar-refractivity contribution in [1.82, 2.24) is 5.32 Å². The maximum Gasteiger partial charge on any atom is 0.324 e. The summed E-state index contributed by atoms with van der Waals surface area (Å²) in [5.41, 5.74) is 0. The van der Waals surface area contributed by atoms with E-state index in [0.29, 0.717) is 0 Å². The van der Waals surface area contributed by atoms with Crippen LogP contribution in [0.2, 0.25) is 0 Å². The highest BCUT2D eigenvalue weighted by atomic mass is 16.5. The van der Waals surface area contributed by atoms with Crippen molar-refractivity contribution in [3.8, 4) is 0 Å². The van der Waals surface area contributed by atoms with Gasteiger partial charge < -0.3 is 9.84 Å². The van der Waals surface area contributed by atoms with E-state index in [1.54, 1.807) is 6.92 Å². The van der Waals surface area contributed by atoms with E-state index < -0.39 is 24.1 Å². The average Bonchev–Trinajstić information content (AvgIpc) is 1.97. The van der Waals surface area contributed by atoms with E-state index in [-0.39, 0.29) is 6.04 Å². The smallest absolute Gasteiger partial charge is 0.324 e. The van der Waals surface area contributed by atoms with Crippen LogP contribution in [0.25, 0.3) is 0 Å². The van der Waals surface area contributed by atoms with E-state index >= 15 is 0 Å². The predicted octanol–water partition coefficient (Wildman–Crippen LogP) is 0.389. The molecule has 0 saturated carbocycles. The van der Waals surface area contributed by atoms with Crippen molar-refractivity contribution >= 4 is 11.9 Å². The fourth-order valence-corrected chi connectivity index (χ4v) is 1.10. The second-order valence-corrected chi connectivity index (χ2v) is 3.45. The fourth-order valence-electron chi connectivity index (χ4n) is 1.10. The van der Waals surface area contributed by atoms with Gasteiger partial charge in [0.25, 0.3) is 0 Å². The molecule has 0 heterocycles. The highest BCUT2D eigenvalue weighted by molar-refractivity contribution is 5.75. The third kappa shape index (κ3) is 4.81. The van der Waals surface area contributed by atoms with E-state index in [4.69, 9.17) is 9.84 Å². The summed E-state index contributed by atoms with van der Waals surface area (Å²) in [6.45, 7) is 6.47. The summed E-state index contributed by atoms with van der Waals surface area (Å²) in [6, 6.07) is -0.840. The molecule has 0 aliphatic heterocycles. The van der Waals surface area contributed by atoms with Crippen LogP contribution in [0.5, 0.6) is 0 Å². The van der Waals surface area contributed by atoms with E-state index in [0.717, 1.165) is 0 Å². The first-order chi connectivity index (χ1) is 6.34. The Bertz CT molecular complexity index is 215. The molecule has 0 fully saturated rings. The fraction of sp³-hybridized carbons (Fsp3) is 0.778. The molecule has 5 nitrogen and oxygen atoms in total. The Balaban J connectivity index is 4.33. The first-order valence-corrected chi connectivity index (χ1v) is 4.50. The number of carboxylic acid groups (broad SMARTS) is 1. The highest BCUT2D eigenvalue weighted by Gasteiger charge is 2.27. The number of ether oxygens (including phenoxy) is 1. The Kier molecular flexibility index (Phi) is 5.15. The molecule has 0 saturated heterocycles. The lowest BCUT2D eigenvalue weighted by Crippen LogP contribution is -2.49. The van der Waals surface area contributed by atoms with Gasteiger partial charge in [-0.1, -0.05) is 13.8 Å². The van der Waals surface area contributed by atoms with Crippen molar-refractivity contribution in [3.63, 3.8) is 0 Å². The minimum absolute atomic E-state index is 0.0223. The second-order valence-electron chi connectivity index (χ2n) is 3.45. The number of rotatable bonds is 5. The normalized spacial score (nSPS) is 14.9. The number of aliphatic carboxylic acids is 1. The zero-order valence-electron chi connectivity index (χ0n) is 8.90. The Morgan fingerprint density at radius 1 is 1.29 bits per heavy atom. The van der Waals surface area contributed by atoms with Gasteiger partial charge in [-0.15, -0.1) is 0 Å². The number of carbonyl (C=O) groups is 2. The van der Waals surface area contributed by atoms with Crippen molar-refractivity contribution in [3.05, 3.63) is 0 Å². The molecule has 0 unspecified atom stereocenters. The molecule has 82 valence electrons. The monoisotopic (exact) mass is 203 g/mol. The molecular weight excluding hydrogens is 186 g/mol. The molecule has 0 aliphatic carbocycles. The standard InChI is InChI=1S/C9H17NO4/c1-5(2)10-8(9(12)13)6(3)14-7(4)11/h5-6,8,10H,1-4H3,(H,12,13)/t6-,8+/m1/s1. The first kappa shape index (κ1) is 12.9. The van der Waals surface area contributed by atoms with E-state index in [2.05, 4.69) is 5.32 Å². The third-order valence-corrected chi connectivity index (χ3v) is 1.60. The maximum absolute atomic E-state index is 10.8. The Hall–Kier alpha value is -1.10. The lowest BCUT2D eigenvalue weighted by atomic mass is 10.1. The van der Waals surface area contributed by atoms with Crippen LogP contribution in [0.3, 0.4) is 0 Å². The number of esters is 1. The molecule has 0 spiro atoms. The molecule has 5 heteroatoms. The molecule has 0 rings (SSSR count). The van der Waals surface area contributed by atoms with Gasteiger partial charge in [-0.3, -0.25) is 14.9 Å². The minimum atomic E-state index is -1.02. The summed E-state index contributed by atoms with van der Waals surface area (Å²) < 4.78 is 4.79. The zero-order valence-corrected chi connectivity index (χ0v) is 8.90. The number of carbonyl (C=O) groups excluding carboxylic acids is 1.